The Kier molecular flexibility index (Phi) is 4.35. The molecule has 0 saturated carbocycles. The quantitative estimate of drug-likeness (QED) is 0.773. The summed E-state index contributed by atoms with van der Waals surface area (Å²) in [5.74, 6) is -0.167. The molecule has 1 aliphatic heterocycles. The minimum Gasteiger partial charge on any atom is -0.364 e. The zero-order valence-electron chi connectivity index (χ0n) is 15.1. The Hall–Kier alpha value is -3.22. The van der Waals surface area contributed by atoms with Crippen LogP contribution in [-0.4, -0.2) is 44.2 Å². The number of hydrogen-bond donors (Lipinski definition) is 1. The number of hydrogen-bond acceptors (Lipinski definition) is 4. The molecule has 1 fully saturated rings. The van der Waals surface area contributed by atoms with E-state index in [2.05, 4.69) is 16.9 Å². The number of benzene rings is 1. The number of carbonyl (C=O) groups is 2. The molecule has 2 amide bonds. The molecule has 0 aliphatic carbocycles. The van der Waals surface area contributed by atoms with Gasteiger partial charge in [0.1, 0.15) is 12.0 Å². The number of fused-ring (bicyclic) bond motifs is 1. The highest BCUT2D eigenvalue weighted by Gasteiger charge is 2.25. The number of aromatic nitrogens is 3. The third-order valence-electron chi connectivity index (χ3n) is 5.09. The first-order valence-corrected chi connectivity index (χ1v) is 9.07. The second kappa shape index (κ2) is 6.83. The lowest BCUT2D eigenvalue weighted by molar-refractivity contribution is 0.0691. The van der Waals surface area contributed by atoms with Gasteiger partial charge in [0.05, 0.1) is 5.69 Å². The zero-order valence-corrected chi connectivity index (χ0v) is 15.1. The van der Waals surface area contributed by atoms with Gasteiger partial charge < -0.3 is 10.6 Å². The normalized spacial score (nSPS) is 15.2. The van der Waals surface area contributed by atoms with E-state index in [9.17, 15) is 9.59 Å². The lowest BCUT2D eigenvalue weighted by atomic mass is 9.99. The van der Waals surface area contributed by atoms with E-state index >= 15 is 0 Å². The molecule has 0 spiro atoms. The molecule has 4 rings (SSSR count). The van der Waals surface area contributed by atoms with Gasteiger partial charge in [-0.2, -0.15) is 0 Å². The van der Waals surface area contributed by atoms with Crippen molar-refractivity contribution in [1.29, 1.82) is 0 Å². The molecule has 0 bridgehead atoms. The first kappa shape index (κ1) is 17.2. The summed E-state index contributed by atoms with van der Waals surface area (Å²) < 4.78 is 1.70. The lowest BCUT2D eigenvalue weighted by Crippen LogP contribution is -2.38. The van der Waals surface area contributed by atoms with Crippen LogP contribution in [0.2, 0.25) is 0 Å². The van der Waals surface area contributed by atoms with Crippen molar-refractivity contribution in [2.75, 3.05) is 13.1 Å². The van der Waals surface area contributed by atoms with Crippen molar-refractivity contribution in [1.82, 2.24) is 19.3 Å². The summed E-state index contributed by atoms with van der Waals surface area (Å²) >= 11 is 0. The Morgan fingerprint density at radius 3 is 2.52 bits per heavy atom. The van der Waals surface area contributed by atoms with Crippen molar-refractivity contribution >= 4 is 17.5 Å². The van der Waals surface area contributed by atoms with Gasteiger partial charge in [-0.25, -0.2) is 9.97 Å². The van der Waals surface area contributed by atoms with Crippen molar-refractivity contribution in [2.45, 2.75) is 19.8 Å². The number of likely N-dealkylation sites (tertiary alicyclic amines) is 1. The first-order valence-electron chi connectivity index (χ1n) is 9.07. The van der Waals surface area contributed by atoms with Gasteiger partial charge in [0.15, 0.2) is 11.3 Å². The third-order valence-corrected chi connectivity index (χ3v) is 5.09. The molecule has 2 N–H and O–H groups in total. The van der Waals surface area contributed by atoms with E-state index in [-0.39, 0.29) is 11.6 Å². The number of imidazole rings is 1. The molecule has 0 unspecified atom stereocenters. The third kappa shape index (κ3) is 3.16. The van der Waals surface area contributed by atoms with Crippen molar-refractivity contribution < 1.29 is 9.59 Å². The van der Waals surface area contributed by atoms with Crippen LogP contribution in [-0.2, 0) is 0 Å². The monoisotopic (exact) mass is 363 g/mol. The maximum atomic E-state index is 13.1. The smallest absolute Gasteiger partial charge is 0.272 e. The van der Waals surface area contributed by atoms with E-state index in [4.69, 9.17) is 5.73 Å². The predicted octanol–water partition coefficient (Wildman–Crippen LogP) is 2.37. The number of amides is 2. The second-order valence-electron chi connectivity index (χ2n) is 7.02. The van der Waals surface area contributed by atoms with Gasteiger partial charge in [0.25, 0.3) is 11.8 Å². The second-order valence-corrected chi connectivity index (χ2v) is 7.02. The van der Waals surface area contributed by atoms with Crippen molar-refractivity contribution in [2.24, 2.45) is 11.7 Å². The van der Waals surface area contributed by atoms with E-state index in [1.165, 1.54) is 6.33 Å². The maximum Gasteiger partial charge on any atom is 0.272 e. The number of nitrogens with two attached hydrogens (primary N) is 1. The first-order chi connectivity index (χ1) is 13.0. The molecule has 3 aromatic rings. The highest BCUT2D eigenvalue weighted by Crippen LogP contribution is 2.24. The summed E-state index contributed by atoms with van der Waals surface area (Å²) in [4.78, 5) is 35.2. The molecule has 27 heavy (non-hydrogen) atoms. The molecule has 0 atom stereocenters. The molecule has 1 aliphatic rings. The summed E-state index contributed by atoms with van der Waals surface area (Å²) in [5, 5.41) is 0. The Bertz CT molecular complexity index is 1000. The summed E-state index contributed by atoms with van der Waals surface area (Å²) in [5.41, 5.74) is 7.77. The molecule has 3 heterocycles. The van der Waals surface area contributed by atoms with Gasteiger partial charge in [-0.15, -0.1) is 0 Å². The van der Waals surface area contributed by atoms with Crippen LogP contribution in [0.3, 0.4) is 0 Å². The summed E-state index contributed by atoms with van der Waals surface area (Å²) in [6, 6.07) is 11.4. The molecule has 2 aromatic heterocycles. The number of rotatable bonds is 3. The fourth-order valence-electron chi connectivity index (χ4n) is 3.46. The zero-order chi connectivity index (χ0) is 19.0. The minimum absolute atomic E-state index is 0.0640. The van der Waals surface area contributed by atoms with Crippen LogP contribution in [0, 0.1) is 5.92 Å². The van der Waals surface area contributed by atoms with Crippen LogP contribution in [0.15, 0.2) is 42.7 Å². The Balaban J connectivity index is 1.84. The van der Waals surface area contributed by atoms with Crippen LogP contribution in [0.5, 0.6) is 0 Å². The van der Waals surface area contributed by atoms with E-state index < -0.39 is 5.91 Å². The van der Waals surface area contributed by atoms with Crippen LogP contribution in [0.25, 0.3) is 16.9 Å². The number of carbonyl (C=O) groups excluding carboxylic acids is 2. The average Bonchev–Trinajstić information content (AvgIpc) is 3.12. The fraction of sp³-hybridized carbons (Fsp3) is 0.300. The molecule has 0 radical (unpaired) electrons. The van der Waals surface area contributed by atoms with Gasteiger partial charge in [-0.05, 0) is 30.4 Å². The van der Waals surface area contributed by atoms with E-state index in [0.717, 1.165) is 37.2 Å². The summed E-state index contributed by atoms with van der Waals surface area (Å²) in [7, 11) is 0. The summed E-state index contributed by atoms with van der Waals surface area (Å²) in [6.07, 6.45) is 3.49. The fourth-order valence-corrected chi connectivity index (χ4v) is 3.46. The maximum absolute atomic E-state index is 13.1. The molecule has 138 valence electrons. The number of nitrogens with zero attached hydrogens (tertiary/aromatic N) is 4. The standard InChI is InChI=1S/C20H21N5O2/c1-13-7-9-24(10-8-13)20(27)15-11-16(14-5-3-2-4-6-14)25-12-22-17(18(21)26)19(25)23-15/h2-6,11-13H,7-10H2,1H3,(H2,21,26). The van der Waals surface area contributed by atoms with Gasteiger partial charge in [0, 0.05) is 13.1 Å². The number of piperidine rings is 1. The van der Waals surface area contributed by atoms with Gasteiger partial charge >= 0.3 is 0 Å². The van der Waals surface area contributed by atoms with E-state index in [0.29, 0.717) is 17.3 Å². The Morgan fingerprint density at radius 1 is 1.15 bits per heavy atom. The van der Waals surface area contributed by atoms with Crippen molar-refractivity contribution in [3.63, 3.8) is 0 Å². The average molecular weight is 363 g/mol. The van der Waals surface area contributed by atoms with Gasteiger partial charge in [-0.3, -0.25) is 14.0 Å². The van der Waals surface area contributed by atoms with Crippen LogP contribution in [0.1, 0.15) is 40.7 Å². The molecule has 1 aromatic carbocycles. The Morgan fingerprint density at radius 2 is 1.85 bits per heavy atom. The van der Waals surface area contributed by atoms with E-state index in [1.807, 2.05) is 35.2 Å². The van der Waals surface area contributed by atoms with Crippen LogP contribution in [0.4, 0.5) is 0 Å². The Labute approximate surface area is 156 Å². The SMILES string of the molecule is CC1CCN(C(=O)c2cc(-c3ccccc3)n3cnc(C(N)=O)c3n2)CC1. The molecular formula is C20H21N5O2. The molecular weight excluding hydrogens is 342 g/mol. The highest BCUT2D eigenvalue weighted by molar-refractivity contribution is 5.99. The predicted molar refractivity (Wildman–Crippen MR) is 101 cm³/mol. The lowest BCUT2D eigenvalue weighted by Gasteiger charge is -2.30. The van der Waals surface area contributed by atoms with Gasteiger partial charge in [0.2, 0.25) is 0 Å². The summed E-state index contributed by atoms with van der Waals surface area (Å²) in [6.45, 7) is 3.63. The molecule has 7 nitrogen and oxygen atoms in total. The largest absolute Gasteiger partial charge is 0.364 e. The topological polar surface area (TPSA) is 93.6 Å². The molecule has 1 saturated heterocycles. The molecule has 7 heteroatoms. The highest BCUT2D eigenvalue weighted by atomic mass is 16.2. The van der Waals surface area contributed by atoms with Gasteiger partial charge in [-0.1, -0.05) is 37.3 Å². The minimum atomic E-state index is -0.666. The number of primary amides is 1. The van der Waals surface area contributed by atoms with Crippen LogP contribution >= 0.6 is 0 Å². The van der Waals surface area contributed by atoms with Crippen LogP contribution < -0.4 is 5.73 Å². The van der Waals surface area contributed by atoms with Crippen molar-refractivity contribution in [3.8, 4) is 11.3 Å². The van der Waals surface area contributed by atoms with Crippen molar-refractivity contribution in [3.05, 3.63) is 54.1 Å². The van der Waals surface area contributed by atoms with E-state index in [1.54, 1.807) is 10.5 Å².